The number of aromatic amines is 1. The number of hydrogen-bond acceptors (Lipinski definition) is 5. The van der Waals surface area contributed by atoms with Gasteiger partial charge in [0.2, 0.25) is 10.0 Å². The maximum Gasteiger partial charge on any atom is 0.274 e. The van der Waals surface area contributed by atoms with Crippen molar-refractivity contribution in [3.05, 3.63) is 47.0 Å². The zero-order chi connectivity index (χ0) is 20.6. The molecule has 29 heavy (non-hydrogen) atoms. The van der Waals surface area contributed by atoms with Crippen molar-refractivity contribution in [2.45, 2.75) is 6.92 Å². The first kappa shape index (κ1) is 19.5. The first-order valence-corrected chi connectivity index (χ1v) is 11.2. The van der Waals surface area contributed by atoms with E-state index in [4.69, 9.17) is 4.74 Å². The molecule has 1 aliphatic rings. The largest absolute Gasteiger partial charge is 0.378 e. The lowest BCUT2D eigenvalue weighted by Gasteiger charge is -2.31. The lowest BCUT2D eigenvalue weighted by molar-refractivity contribution is 0.123. The van der Waals surface area contributed by atoms with Gasteiger partial charge in [-0.15, -0.1) is 0 Å². The fourth-order valence-electron chi connectivity index (χ4n) is 3.63. The lowest BCUT2D eigenvalue weighted by atomic mass is 10.00. The van der Waals surface area contributed by atoms with Crippen LogP contribution < -0.4 is 15.2 Å². The number of benzene rings is 1. The minimum Gasteiger partial charge on any atom is -0.378 e. The smallest absolute Gasteiger partial charge is 0.274 e. The fourth-order valence-corrected chi connectivity index (χ4v) is 4.26. The van der Waals surface area contributed by atoms with Crippen molar-refractivity contribution in [1.29, 1.82) is 0 Å². The van der Waals surface area contributed by atoms with Gasteiger partial charge in [0, 0.05) is 60.4 Å². The molecule has 0 spiro atoms. The molecule has 0 saturated carbocycles. The third-order valence-electron chi connectivity index (χ3n) is 5.19. The van der Waals surface area contributed by atoms with E-state index >= 15 is 0 Å². The van der Waals surface area contributed by atoms with Crippen LogP contribution in [0.2, 0.25) is 0 Å². The number of aromatic nitrogens is 2. The molecular weight excluding hydrogens is 392 g/mol. The normalized spacial score (nSPS) is 15.0. The van der Waals surface area contributed by atoms with Crippen molar-refractivity contribution in [3.8, 4) is 11.1 Å². The van der Waals surface area contributed by atoms with Crippen LogP contribution in [0.25, 0.3) is 22.0 Å². The summed E-state index contributed by atoms with van der Waals surface area (Å²) in [4.78, 5) is 17.7. The van der Waals surface area contributed by atoms with Gasteiger partial charge in [0.15, 0.2) is 0 Å². The van der Waals surface area contributed by atoms with Gasteiger partial charge in [0.25, 0.3) is 5.56 Å². The molecule has 1 aromatic carbocycles. The molecule has 0 amide bonds. The summed E-state index contributed by atoms with van der Waals surface area (Å²) in [6.07, 6.45) is 3.55. The molecule has 0 radical (unpaired) electrons. The Hall–Kier alpha value is -2.78. The molecule has 0 unspecified atom stereocenters. The SMILES string of the molecule is CCS(=O)(=O)Nc1ccc(N2CCOCC2)c(-c2cn(C)c(=O)c3[nH]ccc23)c1. The van der Waals surface area contributed by atoms with Gasteiger partial charge in [-0.2, -0.15) is 0 Å². The fraction of sp³-hybridized carbons (Fsp3) is 0.350. The highest BCUT2D eigenvalue weighted by Gasteiger charge is 2.20. The van der Waals surface area contributed by atoms with Gasteiger partial charge in [-0.3, -0.25) is 9.52 Å². The predicted octanol–water partition coefficient (Wildman–Crippen LogP) is 2.13. The minimum atomic E-state index is -3.40. The van der Waals surface area contributed by atoms with Gasteiger partial charge in [-0.25, -0.2) is 8.42 Å². The number of ether oxygens (including phenoxy) is 1. The van der Waals surface area contributed by atoms with E-state index in [1.165, 1.54) is 0 Å². The van der Waals surface area contributed by atoms with Crippen LogP contribution in [0.4, 0.5) is 11.4 Å². The van der Waals surface area contributed by atoms with Crippen LogP contribution in [0, 0.1) is 0 Å². The number of nitrogens with one attached hydrogen (secondary N) is 2. The first-order chi connectivity index (χ1) is 13.9. The quantitative estimate of drug-likeness (QED) is 0.664. The molecule has 1 aliphatic heterocycles. The number of hydrogen-bond donors (Lipinski definition) is 2. The van der Waals surface area contributed by atoms with E-state index in [-0.39, 0.29) is 11.3 Å². The summed E-state index contributed by atoms with van der Waals surface area (Å²) in [6.45, 7) is 4.36. The van der Waals surface area contributed by atoms with E-state index in [0.29, 0.717) is 24.4 Å². The monoisotopic (exact) mass is 416 g/mol. The maximum absolute atomic E-state index is 12.5. The van der Waals surface area contributed by atoms with Crippen molar-refractivity contribution < 1.29 is 13.2 Å². The van der Waals surface area contributed by atoms with Crippen molar-refractivity contribution in [1.82, 2.24) is 9.55 Å². The molecule has 0 aliphatic carbocycles. The number of sulfonamides is 1. The average Bonchev–Trinajstić information content (AvgIpc) is 3.21. The second-order valence-electron chi connectivity index (χ2n) is 7.06. The molecule has 4 rings (SSSR count). The average molecular weight is 417 g/mol. The molecule has 2 N–H and O–H groups in total. The maximum atomic E-state index is 12.5. The van der Waals surface area contributed by atoms with Gasteiger partial charge < -0.3 is 19.2 Å². The van der Waals surface area contributed by atoms with Crippen LogP contribution in [-0.4, -0.2) is 50.0 Å². The van der Waals surface area contributed by atoms with Crippen LogP contribution in [0.5, 0.6) is 0 Å². The highest BCUT2D eigenvalue weighted by Crippen LogP contribution is 2.37. The molecule has 1 fully saturated rings. The highest BCUT2D eigenvalue weighted by molar-refractivity contribution is 7.92. The van der Waals surface area contributed by atoms with E-state index in [1.54, 1.807) is 37.0 Å². The number of aryl methyl sites for hydroxylation is 1. The van der Waals surface area contributed by atoms with Gasteiger partial charge in [0.05, 0.1) is 19.0 Å². The van der Waals surface area contributed by atoms with Crippen LogP contribution in [0.1, 0.15) is 6.92 Å². The summed E-state index contributed by atoms with van der Waals surface area (Å²) in [5.74, 6) is -0.00452. The summed E-state index contributed by atoms with van der Waals surface area (Å²) in [6, 6.07) is 7.41. The van der Waals surface area contributed by atoms with Gasteiger partial charge in [-0.1, -0.05) is 0 Å². The summed E-state index contributed by atoms with van der Waals surface area (Å²) in [7, 11) is -1.69. The number of morpholine rings is 1. The van der Waals surface area contributed by atoms with E-state index in [1.807, 2.05) is 18.2 Å². The molecule has 3 heterocycles. The third kappa shape index (κ3) is 3.75. The van der Waals surface area contributed by atoms with E-state index < -0.39 is 10.0 Å². The highest BCUT2D eigenvalue weighted by atomic mass is 32.2. The Bertz CT molecular complexity index is 1210. The van der Waals surface area contributed by atoms with Crippen LogP contribution in [-0.2, 0) is 21.8 Å². The van der Waals surface area contributed by atoms with Crippen molar-refractivity contribution in [2.75, 3.05) is 41.7 Å². The Morgan fingerprint density at radius 3 is 2.66 bits per heavy atom. The van der Waals surface area contributed by atoms with Gasteiger partial charge >= 0.3 is 0 Å². The van der Waals surface area contributed by atoms with Crippen molar-refractivity contribution >= 4 is 32.3 Å². The Morgan fingerprint density at radius 1 is 1.17 bits per heavy atom. The molecule has 3 aromatic rings. The van der Waals surface area contributed by atoms with Gasteiger partial charge in [0.1, 0.15) is 5.52 Å². The number of fused-ring (bicyclic) bond motifs is 1. The van der Waals surface area contributed by atoms with Gasteiger partial charge in [-0.05, 0) is 31.2 Å². The number of rotatable bonds is 5. The van der Waals surface area contributed by atoms with Crippen molar-refractivity contribution in [3.63, 3.8) is 0 Å². The summed E-state index contributed by atoms with van der Waals surface area (Å²) >= 11 is 0. The van der Waals surface area contributed by atoms with Crippen LogP contribution in [0.3, 0.4) is 0 Å². The summed E-state index contributed by atoms with van der Waals surface area (Å²) in [5, 5.41) is 0.804. The zero-order valence-corrected chi connectivity index (χ0v) is 17.3. The number of pyridine rings is 1. The molecule has 154 valence electrons. The summed E-state index contributed by atoms with van der Waals surface area (Å²) in [5.41, 5.74) is 3.62. The zero-order valence-electron chi connectivity index (χ0n) is 16.4. The molecule has 0 atom stereocenters. The number of nitrogens with zero attached hydrogens (tertiary/aromatic N) is 2. The van der Waals surface area contributed by atoms with E-state index in [0.717, 1.165) is 35.3 Å². The number of H-pyrrole nitrogens is 1. The Morgan fingerprint density at radius 2 is 1.93 bits per heavy atom. The second kappa shape index (κ2) is 7.57. The molecule has 2 aromatic heterocycles. The minimum absolute atomic E-state index is 0.00452. The Balaban J connectivity index is 1.93. The van der Waals surface area contributed by atoms with Crippen LogP contribution in [0.15, 0.2) is 41.5 Å². The molecule has 9 heteroatoms. The molecular formula is C20H24N4O4S. The summed E-state index contributed by atoms with van der Waals surface area (Å²) < 4.78 is 33.8. The standard InChI is InChI=1S/C20H24N4O4S/c1-3-29(26,27)22-14-4-5-18(24-8-10-28-11-9-24)16(12-14)17-13-23(2)20(25)19-15(17)6-7-21-19/h4-7,12-13,21-22H,3,8-11H2,1-2H3. The van der Waals surface area contributed by atoms with Crippen LogP contribution >= 0.6 is 0 Å². The molecule has 0 bridgehead atoms. The first-order valence-electron chi connectivity index (χ1n) is 9.54. The second-order valence-corrected chi connectivity index (χ2v) is 9.07. The van der Waals surface area contributed by atoms with E-state index in [9.17, 15) is 13.2 Å². The predicted molar refractivity (Wildman–Crippen MR) is 115 cm³/mol. The third-order valence-corrected chi connectivity index (χ3v) is 6.49. The lowest BCUT2D eigenvalue weighted by Crippen LogP contribution is -2.36. The molecule has 8 nitrogen and oxygen atoms in total. The number of anilines is 2. The Kier molecular flexibility index (Phi) is 5.10. The van der Waals surface area contributed by atoms with Crippen molar-refractivity contribution in [2.24, 2.45) is 7.05 Å². The topological polar surface area (TPSA) is 96.4 Å². The Labute approximate surface area is 169 Å². The molecule has 1 saturated heterocycles. The van der Waals surface area contributed by atoms with E-state index in [2.05, 4.69) is 14.6 Å².